The molecule has 0 radical (unpaired) electrons. The first-order valence-corrected chi connectivity index (χ1v) is 3.79. The molecule has 1 rings (SSSR count). The highest BCUT2D eigenvalue weighted by molar-refractivity contribution is 6.18. The second-order valence-corrected chi connectivity index (χ2v) is 2.38. The number of aromatic nitrogens is 3. The number of nitrogens with one attached hydrogen (secondary N) is 2. The number of halogens is 1. The summed E-state index contributed by atoms with van der Waals surface area (Å²) in [6.07, 6.45) is 0. The number of alkyl halides is 1. The zero-order valence-corrected chi connectivity index (χ0v) is 6.93. The van der Waals surface area contributed by atoms with Gasteiger partial charge in [0.1, 0.15) is 0 Å². The first kappa shape index (κ1) is 8.79. The summed E-state index contributed by atoms with van der Waals surface area (Å²) >= 11 is 5.36. The molecule has 0 unspecified atom stereocenters. The van der Waals surface area contributed by atoms with Crippen molar-refractivity contribution in [2.45, 2.75) is 0 Å². The van der Waals surface area contributed by atoms with Crippen molar-refractivity contribution in [1.29, 1.82) is 0 Å². The molecule has 1 heterocycles. The lowest BCUT2D eigenvalue weighted by atomic mass is 10.4. The molecule has 0 aromatic carbocycles. The van der Waals surface area contributed by atoms with Gasteiger partial charge in [0.25, 0.3) is 5.91 Å². The van der Waals surface area contributed by atoms with E-state index >= 15 is 0 Å². The number of nitrogens with two attached hydrogens (primary N) is 1. The lowest BCUT2D eigenvalue weighted by Gasteiger charge is -1.98. The van der Waals surface area contributed by atoms with Crippen LogP contribution in [0.4, 0.5) is 5.82 Å². The van der Waals surface area contributed by atoms with E-state index in [9.17, 15) is 4.79 Å². The van der Waals surface area contributed by atoms with E-state index in [1.807, 2.05) is 0 Å². The minimum Gasteiger partial charge on any atom is -0.380 e. The Balaban J connectivity index is 2.59. The van der Waals surface area contributed by atoms with Crippen LogP contribution in [0.15, 0.2) is 0 Å². The fraction of sp³-hybridized carbons (Fsp3) is 0.400. The van der Waals surface area contributed by atoms with Gasteiger partial charge in [0.15, 0.2) is 11.5 Å². The van der Waals surface area contributed by atoms with Gasteiger partial charge >= 0.3 is 0 Å². The summed E-state index contributed by atoms with van der Waals surface area (Å²) in [4.78, 5) is 11.1. The standard InChI is InChI=1S/C5H8ClN5O/c6-1-2-8-5(12)3-4(7)10-11-9-3/h1-2H2,(H,8,12)(H3,7,9,10,11). The fourth-order valence-corrected chi connectivity index (χ4v) is 0.745. The van der Waals surface area contributed by atoms with Crippen LogP contribution in [0, 0.1) is 0 Å². The van der Waals surface area contributed by atoms with Gasteiger partial charge in [0.05, 0.1) is 0 Å². The lowest BCUT2D eigenvalue weighted by molar-refractivity contribution is 0.0952. The second kappa shape index (κ2) is 3.91. The van der Waals surface area contributed by atoms with Crippen LogP contribution < -0.4 is 11.1 Å². The van der Waals surface area contributed by atoms with Crippen LogP contribution in [0.1, 0.15) is 10.5 Å². The molecule has 0 fully saturated rings. The van der Waals surface area contributed by atoms with Gasteiger partial charge < -0.3 is 11.1 Å². The molecular weight excluding hydrogens is 182 g/mol. The van der Waals surface area contributed by atoms with Gasteiger partial charge in [0, 0.05) is 12.4 Å². The van der Waals surface area contributed by atoms with E-state index in [4.69, 9.17) is 17.3 Å². The highest BCUT2D eigenvalue weighted by Gasteiger charge is 2.12. The minimum absolute atomic E-state index is 0.0853. The molecule has 0 aliphatic heterocycles. The molecule has 0 bridgehead atoms. The maximum atomic E-state index is 11.1. The summed E-state index contributed by atoms with van der Waals surface area (Å²) in [5.41, 5.74) is 5.41. The number of H-pyrrole nitrogens is 1. The third-order valence-electron chi connectivity index (χ3n) is 1.17. The van der Waals surface area contributed by atoms with E-state index in [2.05, 4.69) is 20.7 Å². The Hall–Kier alpha value is -1.30. The molecule has 0 aliphatic rings. The molecule has 12 heavy (non-hydrogen) atoms. The molecule has 0 saturated heterocycles. The van der Waals surface area contributed by atoms with E-state index < -0.39 is 0 Å². The van der Waals surface area contributed by atoms with Crippen molar-refractivity contribution >= 4 is 23.3 Å². The Bertz CT molecular complexity index is 273. The molecule has 6 nitrogen and oxygen atoms in total. The SMILES string of the molecule is Nc1n[nH]nc1C(=O)NCCCl. The number of carbonyl (C=O) groups excluding carboxylic acids is 1. The van der Waals surface area contributed by atoms with E-state index in [-0.39, 0.29) is 17.4 Å². The van der Waals surface area contributed by atoms with Crippen LogP contribution in [0.25, 0.3) is 0 Å². The van der Waals surface area contributed by atoms with Gasteiger partial charge in [-0.2, -0.15) is 5.21 Å². The summed E-state index contributed by atoms with van der Waals surface area (Å²) in [7, 11) is 0. The Morgan fingerprint density at radius 2 is 2.42 bits per heavy atom. The van der Waals surface area contributed by atoms with Gasteiger partial charge in [-0.25, -0.2) is 0 Å². The largest absolute Gasteiger partial charge is 0.380 e. The zero-order chi connectivity index (χ0) is 8.97. The van der Waals surface area contributed by atoms with Crippen LogP contribution in [0.5, 0.6) is 0 Å². The van der Waals surface area contributed by atoms with Crippen molar-refractivity contribution < 1.29 is 4.79 Å². The van der Waals surface area contributed by atoms with Crippen LogP contribution in [0.2, 0.25) is 0 Å². The summed E-state index contributed by atoms with van der Waals surface area (Å²) < 4.78 is 0. The van der Waals surface area contributed by atoms with Crippen molar-refractivity contribution in [3.63, 3.8) is 0 Å². The third-order valence-corrected chi connectivity index (χ3v) is 1.36. The molecule has 0 saturated carbocycles. The van der Waals surface area contributed by atoms with Crippen molar-refractivity contribution in [2.75, 3.05) is 18.2 Å². The number of aromatic amines is 1. The van der Waals surface area contributed by atoms with E-state index in [0.29, 0.717) is 12.4 Å². The van der Waals surface area contributed by atoms with Crippen LogP contribution in [-0.4, -0.2) is 33.7 Å². The molecule has 1 aromatic heterocycles. The molecule has 1 amide bonds. The average Bonchev–Trinajstić information content (AvgIpc) is 2.47. The van der Waals surface area contributed by atoms with Gasteiger partial charge in [0.2, 0.25) is 0 Å². The van der Waals surface area contributed by atoms with Gasteiger partial charge in [-0.3, -0.25) is 4.79 Å². The fourth-order valence-electron chi connectivity index (χ4n) is 0.651. The molecule has 7 heteroatoms. The summed E-state index contributed by atoms with van der Waals surface area (Å²) in [5.74, 6) is 0.0627. The van der Waals surface area contributed by atoms with E-state index in [0.717, 1.165) is 0 Å². The number of anilines is 1. The van der Waals surface area contributed by atoms with Crippen molar-refractivity contribution in [3.8, 4) is 0 Å². The Labute approximate surface area is 73.5 Å². The molecule has 1 aromatic rings. The predicted octanol–water partition coefficient (Wildman–Crippen LogP) is -0.645. The second-order valence-electron chi connectivity index (χ2n) is 2.00. The molecule has 0 aliphatic carbocycles. The van der Waals surface area contributed by atoms with Gasteiger partial charge in [-0.15, -0.1) is 21.8 Å². The summed E-state index contributed by atoms with van der Waals surface area (Å²) in [5, 5.41) is 11.8. The normalized spacial score (nSPS) is 9.75. The number of nitrogen functional groups attached to an aromatic ring is 1. The van der Waals surface area contributed by atoms with Crippen LogP contribution >= 0.6 is 11.6 Å². The summed E-state index contributed by atoms with van der Waals surface area (Å²) in [6.45, 7) is 0.382. The maximum absolute atomic E-state index is 11.1. The van der Waals surface area contributed by atoms with Crippen LogP contribution in [0.3, 0.4) is 0 Å². The Kier molecular flexibility index (Phi) is 2.87. The zero-order valence-electron chi connectivity index (χ0n) is 6.17. The number of rotatable bonds is 3. The molecule has 66 valence electrons. The first-order chi connectivity index (χ1) is 5.75. The summed E-state index contributed by atoms with van der Waals surface area (Å²) in [6, 6.07) is 0. The Morgan fingerprint density at radius 1 is 1.67 bits per heavy atom. The quantitative estimate of drug-likeness (QED) is 0.551. The molecule has 0 atom stereocenters. The molecule has 0 spiro atoms. The predicted molar refractivity (Wildman–Crippen MR) is 43.8 cm³/mol. The highest BCUT2D eigenvalue weighted by Crippen LogP contribution is 2.00. The maximum Gasteiger partial charge on any atom is 0.275 e. The van der Waals surface area contributed by atoms with Crippen molar-refractivity contribution in [3.05, 3.63) is 5.69 Å². The minimum atomic E-state index is -0.373. The van der Waals surface area contributed by atoms with E-state index in [1.54, 1.807) is 0 Å². The monoisotopic (exact) mass is 189 g/mol. The number of hydrogen-bond donors (Lipinski definition) is 3. The number of nitrogens with zero attached hydrogens (tertiary/aromatic N) is 2. The van der Waals surface area contributed by atoms with Gasteiger partial charge in [-0.1, -0.05) is 0 Å². The van der Waals surface area contributed by atoms with Crippen molar-refractivity contribution in [2.24, 2.45) is 0 Å². The topological polar surface area (TPSA) is 96.7 Å². The number of carbonyl (C=O) groups is 1. The third kappa shape index (κ3) is 1.85. The van der Waals surface area contributed by atoms with E-state index in [1.165, 1.54) is 0 Å². The number of hydrogen-bond acceptors (Lipinski definition) is 4. The Morgan fingerprint density at radius 3 is 2.92 bits per heavy atom. The van der Waals surface area contributed by atoms with Crippen molar-refractivity contribution in [1.82, 2.24) is 20.7 Å². The van der Waals surface area contributed by atoms with Crippen LogP contribution in [-0.2, 0) is 0 Å². The first-order valence-electron chi connectivity index (χ1n) is 3.26. The lowest BCUT2D eigenvalue weighted by Crippen LogP contribution is -2.26. The smallest absolute Gasteiger partial charge is 0.275 e. The highest BCUT2D eigenvalue weighted by atomic mass is 35.5. The molecular formula is C5H8ClN5O. The van der Waals surface area contributed by atoms with Gasteiger partial charge in [-0.05, 0) is 0 Å². The molecule has 4 N–H and O–H groups in total. The average molecular weight is 190 g/mol. The number of amides is 1.